The van der Waals surface area contributed by atoms with Crippen molar-refractivity contribution in [3.05, 3.63) is 90.6 Å². The minimum Gasteiger partial charge on any atom is -0.473 e. The number of para-hydroxylation sites is 1. The van der Waals surface area contributed by atoms with Crippen LogP contribution < -0.4 is 4.74 Å². The van der Waals surface area contributed by atoms with Crippen LogP contribution in [0.15, 0.2) is 79.5 Å². The van der Waals surface area contributed by atoms with Gasteiger partial charge in [0, 0.05) is 16.5 Å². The van der Waals surface area contributed by atoms with Crippen LogP contribution in [0.3, 0.4) is 0 Å². The van der Waals surface area contributed by atoms with Crippen molar-refractivity contribution in [2.75, 3.05) is 0 Å². The average molecular weight is 426 g/mol. The zero-order valence-corrected chi connectivity index (χ0v) is 18.0. The zero-order chi connectivity index (χ0) is 22.0. The van der Waals surface area contributed by atoms with Gasteiger partial charge in [0.2, 0.25) is 5.88 Å². The molecule has 1 saturated carbocycles. The lowest BCUT2D eigenvalue weighted by Crippen LogP contribution is -2.30. The Kier molecular flexibility index (Phi) is 5.50. The second-order valence-electron chi connectivity index (χ2n) is 8.61. The molecule has 0 spiro atoms. The van der Waals surface area contributed by atoms with Crippen LogP contribution in [0.2, 0.25) is 0 Å². The Morgan fingerprint density at radius 2 is 1.84 bits per heavy atom. The summed E-state index contributed by atoms with van der Waals surface area (Å²) in [6.07, 6.45) is 6.75. The van der Waals surface area contributed by atoms with Gasteiger partial charge in [0.1, 0.15) is 6.61 Å². The summed E-state index contributed by atoms with van der Waals surface area (Å²) >= 11 is 0. The molecule has 4 aromatic rings. The lowest BCUT2D eigenvalue weighted by atomic mass is 9.77. The van der Waals surface area contributed by atoms with Crippen LogP contribution in [0, 0.1) is 0 Å². The van der Waals surface area contributed by atoms with E-state index < -0.39 is 5.60 Å². The first-order chi connectivity index (χ1) is 15.6. The number of hydrogen-bond acceptors (Lipinski definition) is 4. The van der Waals surface area contributed by atoms with Crippen LogP contribution in [0.5, 0.6) is 5.88 Å². The van der Waals surface area contributed by atoms with Crippen LogP contribution in [0.25, 0.3) is 22.2 Å². The van der Waals surface area contributed by atoms with Gasteiger partial charge in [0.25, 0.3) is 0 Å². The number of pyridine rings is 1. The predicted molar refractivity (Wildman–Crippen MR) is 126 cm³/mol. The van der Waals surface area contributed by atoms with Crippen LogP contribution in [-0.2, 0) is 6.61 Å². The third-order valence-electron chi connectivity index (χ3n) is 6.53. The summed E-state index contributed by atoms with van der Waals surface area (Å²) in [5, 5.41) is 18.7. The largest absolute Gasteiger partial charge is 0.473 e. The molecule has 0 atom stereocenters. The minimum absolute atomic E-state index is 0.338. The molecule has 5 nitrogen and oxygen atoms in total. The van der Waals surface area contributed by atoms with E-state index in [1.165, 1.54) is 0 Å². The number of fused-ring (bicyclic) bond motifs is 1. The average Bonchev–Trinajstić information content (AvgIpc) is 3.32. The van der Waals surface area contributed by atoms with E-state index in [9.17, 15) is 5.11 Å². The first-order valence-electron chi connectivity index (χ1n) is 11.1. The maximum atomic E-state index is 10.4. The topological polar surface area (TPSA) is 71.0 Å². The smallest absolute Gasteiger partial charge is 0.212 e. The number of aromatic nitrogens is 3. The molecule has 5 rings (SSSR count). The van der Waals surface area contributed by atoms with E-state index in [4.69, 9.17) is 9.72 Å². The van der Waals surface area contributed by atoms with Gasteiger partial charge in [-0.3, -0.25) is 0 Å². The summed E-state index contributed by atoms with van der Waals surface area (Å²) in [5.74, 6) is 1.06. The second-order valence-corrected chi connectivity index (χ2v) is 8.61. The van der Waals surface area contributed by atoms with Gasteiger partial charge in [-0.1, -0.05) is 54.6 Å². The van der Waals surface area contributed by atoms with E-state index in [0.29, 0.717) is 12.5 Å². The number of ether oxygens (including phenoxy) is 1. The third kappa shape index (κ3) is 4.16. The highest BCUT2D eigenvalue weighted by Gasteiger charge is 2.32. The van der Waals surface area contributed by atoms with E-state index in [1.807, 2.05) is 24.4 Å². The van der Waals surface area contributed by atoms with Gasteiger partial charge >= 0.3 is 0 Å². The monoisotopic (exact) mass is 425 g/mol. The summed E-state index contributed by atoms with van der Waals surface area (Å²) in [6.45, 7) is 4.23. The van der Waals surface area contributed by atoms with Gasteiger partial charge in [-0.05, 0) is 49.3 Å². The summed E-state index contributed by atoms with van der Waals surface area (Å²) in [4.78, 5) is 4.77. The molecule has 162 valence electrons. The SMILES string of the molecule is C=CC1(O)CCC(c2cn[nH]c2OCc2ccc(-c3ccc4ccccc4n3)cc2)CC1. The van der Waals surface area contributed by atoms with Crippen LogP contribution in [0.1, 0.15) is 42.7 Å². The maximum Gasteiger partial charge on any atom is 0.212 e. The number of rotatable bonds is 6. The zero-order valence-electron chi connectivity index (χ0n) is 18.0. The molecule has 0 unspecified atom stereocenters. The molecule has 1 aliphatic carbocycles. The van der Waals surface area contributed by atoms with Gasteiger partial charge in [-0.15, -0.1) is 6.58 Å². The highest BCUT2D eigenvalue weighted by molar-refractivity contribution is 5.81. The number of hydrogen-bond donors (Lipinski definition) is 2. The van der Waals surface area contributed by atoms with Gasteiger partial charge in [-0.25, -0.2) is 10.1 Å². The molecule has 32 heavy (non-hydrogen) atoms. The fraction of sp³-hybridized carbons (Fsp3) is 0.259. The summed E-state index contributed by atoms with van der Waals surface area (Å²) in [7, 11) is 0. The molecule has 1 aliphatic rings. The molecule has 2 aromatic heterocycles. The molecule has 1 fully saturated rings. The van der Waals surface area contributed by atoms with Gasteiger partial charge < -0.3 is 9.84 Å². The molecular weight excluding hydrogens is 398 g/mol. The van der Waals surface area contributed by atoms with E-state index in [0.717, 1.165) is 64.9 Å². The number of nitrogens with one attached hydrogen (secondary N) is 1. The molecule has 5 heteroatoms. The van der Waals surface area contributed by atoms with Crippen LogP contribution in [-0.4, -0.2) is 25.9 Å². The molecule has 0 aliphatic heterocycles. The first kappa shape index (κ1) is 20.5. The fourth-order valence-electron chi connectivity index (χ4n) is 4.48. The summed E-state index contributed by atoms with van der Waals surface area (Å²) in [5.41, 5.74) is 4.48. The van der Waals surface area contributed by atoms with Crippen LogP contribution >= 0.6 is 0 Å². The Morgan fingerprint density at radius 3 is 2.62 bits per heavy atom. The second kappa shape index (κ2) is 8.60. The Labute approximate surface area is 187 Å². The predicted octanol–water partition coefficient (Wildman–Crippen LogP) is 5.78. The molecular formula is C27H27N3O2. The van der Waals surface area contributed by atoms with E-state index in [-0.39, 0.29) is 0 Å². The Bertz CT molecular complexity index is 1220. The Balaban J connectivity index is 1.24. The van der Waals surface area contributed by atoms with Gasteiger partial charge in [0.15, 0.2) is 0 Å². The lowest BCUT2D eigenvalue weighted by Gasteiger charge is -2.33. The number of H-pyrrole nitrogens is 1. The number of aliphatic hydroxyl groups is 1. The van der Waals surface area contributed by atoms with E-state index in [1.54, 1.807) is 6.08 Å². The highest BCUT2D eigenvalue weighted by Crippen LogP contribution is 2.41. The first-order valence-corrected chi connectivity index (χ1v) is 11.1. The molecule has 0 amide bonds. The third-order valence-corrected chi connectivity index (χ3v) is 6.53. The maximum absolute atomic E-state index is 10.4. The van der Waals surface area contributed by atoms with Crippen molar-refractivity contribution in [3.8, 4) is 17.1 Å². The van der Waals surface area contributed by atoms with Crippen molar-refractivity contribution >= 4 is 10.9 Å². The van der Waals surface area contributed by atoms with Crippen molar-refractivity contribution in [1.82, 2.24) is 15.2 Å². The molecule has 0 saturated heterocycles. The molecule has 0 radical (unpaired) electrons. The van der Waals surface area contributed by atoms with Crippen molar-refractivity contribution in [1.29, 1.82) is 0 Å². The molecule has 2 heterocycles. The van der Waals surface area contributed by atoms with Gasteiger partial charge in [-0.2, -0.15) is 5.10 Å². The van der Waals surface area contributed by atoms with Crippen molar-refractivity contribution in [2.24, 2.45) is 0 Å². The normalized spacial score (nSPS) is 20.8. The molecule has 0 bridgehead atoms. The number of aromatic amines is 1. The van der Waals surface area contributed by atoms with Crippen molar-refractivity contribution < 1.29 is 9.84 Å². The minimum atomic E-state index is -0.733. The van der Waals surface area contributed by atoms with E-state index in [2.05, 4.69) is 59.2 Å². The highest BCUT2D eigenvalue weighted by atomic mass is 16.5. The Hall–Kier alpha value is -3.44. The van der Waals surface area contributed by atoms with Gasteiger partial charge in [0.05, 0.1) is 23.0 Å². The molecule has 2 aromatic carbocycles. The fourth-order valence-corrected chi connectivity index (χ4v) is 4.48. The summed E-state index contributed by atoms with van der Waals surface area (Å²) in [6, 6.07) is 20.6. The number of benzene rings is 2. The Morgan fingerprint density at radius 1 is 1.06 bits per heavy atom. The quantitative estimate of drug-likeness (QED) is 0.384. The van der Waals surface area contributed by atoms with Crippen molar-refractivity contribution in [3.63, 3.8) is 0 Å². The van der Waals surface area contributed by atoms with Crippen molar-refractivity contribution in [2.45, 2.75) is 43.8 Å². The summed E-state index contributed by atoms with van der Waals surface area (Å²) < 4.78 is 6.08. The lowest BCUT2D eigenvalue weighted by molar-refractivity contribution is 0.0454. The standard InChI is InChI=1S/C27H27N3O2/c1-2-27(31)15-13-20(14-16-27)23-17-28-30-26(23)32-18-19-7-9-22(10-8-19)25-12-11-21-5-3-4-6-24(21)29-25/h2-12,17,20,31H,1,13-16,18H2,(H,28,30). The van der Waals surface area contributed by atoms with Crippen LogP contribution in [0.4, 0.5) is 0 Å². The molecule has 2 N–H and O–H groups in total. The van der Waals surface area contributed by atoms with E-state index >= 15 is 0 Å². The number of nitrogens with zero attached hydrogens (tertiary/aromatic N) is 2.